The van der Waals surface area contributed by atoms with E-state index in [4.69, 9.17) is 0 Å². The molecule has 3 nitrogen and oxygen atoms in total. The SMILES string of the molecule is O=C1CC2NCCCC2N1c1cccc(F)c1. The van der Waals surface area contributed by atoms with Gasteiger partial charge in [0.05, 0.1) is 6.04 Å². The van der Waals surface area contributed by atoms with Crippen LogP contribution in [-0.2, 0) is 4.79 Å². The Morgan fingerprint density at radius 2 is 2.29 bits per heavy atom. The maximum absolute atomic E-state index is 13.2. The number of benzene rings is 1. The first kappa shape index (κ1) is 10.7. The van der Waals surface area contributed by atoms with Crippen molar-refractivity contribution in [3.05, 3.63) is 30.1 Å². The average Bonchev–Trinajstić information content (AvgIpc) is 2.64. The predicted molar refractivity (Wildman–Crippen MR) is 63.3 cm³/mol. The maximum atomic E-state index is 13.2. The number of nitrogens with one attached hydrogen (secondary N) is 1. The van der Waals surface area contributed by atoms with Gasteiger partial charge in [0.25, 0.3) is 0 Å². The van der Waals surface area contributed by atoms with E-state index in [2.05, 4.69) is 5.32 Å². The van der Waals surface area contributed by atoms with Gasteiger partial charge in [0, 0.05) is 18.2 Å². The Morgan fingerprint density at radius 3 is 3.12 bits per heavy atom. The largest absolute Gasteiger partial charge is 0.311 e. The van der Waals surface area contributed by atoms with Crippen LogP contribution >= 0.6 is 0 Å². The van der Waals surface area contributed by atoms with Crippen LogP contribution in [0.4, 0.5) is 10.1 Å². The summed E-state index contributed by atoms with van der Waals surface area (Å²) in [7, 11) is 0. The predicted octanol–water partition coefficient (Wildman–Crippen LogP) is 1.68. The molecule has 1 amide bonds. The molecule has 4 heteroatoms. The second-order valence-electron chi connectivity index (χ2n) is 4.72. The number of amides is 1. The minimum absolute atomic E-state index is 0.0972. The van der Waals surface area contributed by atoms with Crippen LogP contribution in [0.5, 0.6) is 0 Å². The molecule has 1 aromatic rings. The number of carbonyl (C=O) groups is 1. The van der Waals surface area contributed by atoms with Gasteiger partial charge < -0.3 is 10.2 Å². The van der Waals surface area contributed by atoms with E-state index >= 15 is 0 Å². The van der Waals surface area contributed by atoms with E-state index in [1.54, 1.807) is 17.0 Å². The molecule has 0 radical (unpaired) electrons. The van der Waals surface area contributed by atoms with Crippen molar-refractivity contribution in [2.75, 3.05) is 11.4 Å². The summed E-state index contributed by atoms with van der Waals surface area (Å²) in [5.41, 5.74) is 0.686. The molecule has 2 unspecified atom stereocenters. The number of hydrogen-bond acceptors (Lipinski definition) is 2. The first-order chi connectivity index (χ1) is 8.25. The topological polar surface area (TPSA) is 32.3 Å². The van der Waals surface area contributed by atoms with Gasteiger partial charge in [-0.2, -0.15) is 0 Å². The van der Waals surface area contributed by atoms with Crippen LogP contribution in [0, 0.1) is 5.82 Å². The van der Waals surface area contributed by atoms with Crippen LogP contribution in [0.1, 0.15) is 19.3 Å². The fraction of sp³-hybridized carbons (Fsp3) is 0.462. The quantitative estimate of drug-likeness (QED) is 0.802. The van der Waals surface area contributed by atoms with Crippen LogP contribution in [0.2, 0.25) is 0 Å². The fourth-order valence-corrected chi connectivity index (χ4v) is 2.89. The third-order valence-corrected chi connectivity index (χ3v) is 3.63. The lowest BCUT2D eigenvalue weighted by atomic mass is 9.99. The molecular formula is C13H15FN2O. The van der Waals surface area contributed by atoms with Crippen molar-refractivity contribution < 1.29 is 9.18 Å². The van der Waals surface area contributed by atoms with E-state index in [0.29, 0.717) is 12.1 Å². The van der Waals surface area contributed by atoms with Crippen molar-refractivity contribution in [1.29, 1.82) is 0 Å². The molecule has 3 rings (SSSR count). The van der Waals surface area contributed by atoms with Gasteiger partial charge in [-0.05, 0) is 37.6 Å². The normalized spacial score (nSPS) is 28.3. The first-order valence-electron chi connectivity index (χ1n) is 6.07. The number of rotatable bonds is 1. The Kier molecular flexibility index (Phi) is 2.59. The standard InChI is InChI=1S/C13H15FN2O/c14-9-3-1-4-10(7-9)16-12-5-2-6-15-11(12)8-13(16)17/h1,3-4,7,11-12,15H,2,5-6,8H2. The summed E-state index contributed by atoms with van der Waals surface area (Å²) in [5.74, 6) is -0.192. The highest BCUT2D eigenvalue weighted by Gasteiger charge is 2.41. The van der Waals surface area contributed by atoms with Crippen molar-refractivity contribution in [1.82, 2.24) is 5.32 Å². The molecule has 2 heterocycles. The van der Waals surface area contributed by atoms with Crippen LogP contribution in [-0.4, -0.2) is 24.5 Å². The molecule has 0 saturated carbocycles. The van der Waals surface area contributed by atoms with Crippen LogP contribution in [0.3, 0.4) is 0 Å². The van der Waals surface area contributed by atoms with E-state index in [1.165, 1.54) is 12.1 Å². The lowest BCUT2D eigenvalue weighted by Gasteiger charge is -2.32. The van der Waals surface area contributed by atoms with Crippen molar-refractivity contribution in [2.24, 2.45) is 0 Å². The molecule has 0 spiro atoms. The smallest absolute Gasteiger partial charge is 0.228 e. The Morgan fingerprint density at radius 1 is 1.41 bits per heavy atom. The number of nitrogens with zero attached hydrogens (tertiary/aromatic N) is 1. The zero-order valence-electron chi connectivity index (χ0n) is 9.53. The maximum Gasteiger partial charge on any atom is 0.228 e. The average molecular weight is 234 g/mol. The van der Waals surface area contributed by atoms with Crippen molar-refractivity contribution in [2.45, 2.75) is 31.3 Å². The van der Waals surface area contributed by atoms with Crippen molar-refractivity contribution >= 4 is 11.6 Å². The van der Waals surface area contributed by atoms with E-state index < -0.39 is 0 Å². The molecule has 2 fully saturated rings. The third kappa shape index (κ3) is 1.82. The molecule has 1 aromatic carbocycles. The van der Waals surface area contributed by atoms with Gasteiger partial charge in [-0.25, -0.2) is 4.39 Å². The Hall–Kier alpha value is -1.42. The van der Waals surface area contributed by atoms with E-state index in [-0.39, 0.29) is 23.8 Å². The first-order valence-corrected chi connectivity index (χ1v) is 6.07. The molecule has 2 atom stereocenters. The van der Waals surface area contributed by atoms with Gasteiger partial charge in [0.2, 0.25) is 5.91 Å². The molecule has 90 valence electrons. The van der Waals surface area contributed by atoms with E-state index in [1.807, 2.05) is 0 Å². The summed E-state index contributed by atoms with van der Waals surface area (Å²) in [6.45, 7) is 0.978. The second-order valence-corrected chi connectivity index (χ2v) is 4.72. The number of hydrogen-bond donors (Lipinski definition) is 1. The summed E-state index contributed by atoms with van der Waals surface area (Å²) in [6.07, 6.45) is 2.60. The Balaban J connectivity index is 1.93. The second kappa shape index (κ2) is 4.11. The van der Waals surface area contributed by atoms with Crippen LogP contribution in [0.25, 0.3) is 0 Å². The third-order valence-electron chi connectivity index (χ3n) is 3.63. The van der Waals surface area contributed by atoms with Crippen molar-refractivity contribution in [3.8, 4) is 0 Å². The lowest BCUT2D eigenvalue weighted by Crippen LogP contribution is -2.47. The number of fused-ring (bicyclic) bond motifs is 1. The highest BCUT2D eigenvalue weighted by Crippen LogP contribution is 2.31. The van der Waals surface area contributed by atoms with Crippen LogP contribution in [0.15, 0.2) is 24.3 Å². The number of carbonyl (C=O) groups excluding carboxylic acids is 1. The van der Waals surface area contributed by atoms with Crippen molar-refractivity contribution in [3.63, 3.8) is 0 Å². The molecule has 17 heavy (non-hydrogen) atoms. The molecular weight excluding hydrogens is 219 g/mol. The number of piperidine rings is 1. The van der Waals surface area contributed by atoms with Crippen LogP contribution < -0.4 is 10.2 Å². The zero-order valence-corrected chi connectivity index (χ0v) is 9.53. The van der Waals surface area contributed by atoms with Gasteiger partial charge in [0.1, 0.15) is 5.82 Å². The van der Waals surface area contributed by atoms with Gasteiger partial charge in [-0.1, -0.05) is 6.07 Å². The summed E-state index contributed by atoms with van der Waals surface area (Å²) in [5, 5.41) is 3.37. The zero-order chi connectivity index (χ0) is 11.8. The highest BCUT2D eigenvalue weighted by atomic mass is 19.1. The summed E-state index contributed by atoms with van der Waals surface area (Å²) in [6, 6.07) is 6.73. The van der Waals surface area contributed by atoms with Gasteiger partial charge in [-0.3, -0.25) is 4.79 Å². The summed E-state index contributed by atoms with van der Waals surface area (Å²) in [4.78, 5) is 13.8. The molecule has 0 aromatic heterocycles. The van der Waals surface area contributed by atoms with Gasteiger partial charge in [-0.15, -0.1) is 0 Å². The van der Waals surface area contributed by atoms with E-state index in [0.717, 1.165) is 19.4 Å². The minimum atomic E-state index is -0.289. The Labute approximate surface area is 99.6 Å². The number of anilines is 1. The molecule has 2 saturated heterocycles. The molecule has 1 N–H and O–H groups in total. The fourth-order valence-electron chi connectivity index (χ4n) is 2.89. The minimum Gasteiger partial charge on any atom is -0.311 e. The summed E-state index contributed by atoms with van der Waals surface area (Å²) < 4.78 is 13.2. The lowest BCUT2D eigenvalue weighted by molar-refractivity contribution is -0.117. The number of halogens is 1. The monoisotopic (exact) mass is 234 g/mol. The molecule has 0 aliphatic carbocycles. The molecule has 2 aliphatic heterocycles. The molecule has 0 bridgehead atoms. The van der Waals surface area contributed by atoms with Gasteiger partial charge in [0.15, 0.2) is 0 Å². The Bertz CT molecular complexity index is 449. The summed E-state index contributed by atoms with van der Waals surface area (Å²) >= 11 is 0. The highest BCUT2D eigenvalue weighted by molar-refractivity contribution is 5.97. The molecule has 2 aliphatic rings. The van der Waals surface area contributed by atoms with E-state index in [9.17, 15) is 9.18 Å². The van der Waals surface area contributed by atoms with Gasteiger partial charge >= 0.3 is 0 Å².